The minimum absolute atomic E-state index is 0.540. The normalized spacial score (nSPS) is 9.31. The van der Waals surface area contributed by atoms with Crippen molar-refractivity contribution in [2.45, 2.75) is 20.3 Å². The molecule has 0 amide bonds. The summed E-state index contributed by atoms with van der Waals surface area (Å²) in [6, 6.07) is 0. The van der Waals surface area contributed by atoms with Gasteiger partial charge >= 0.3 is 0 Å². The zero-order valence-corrected chi connectivity index (χ0v) is 7.83. The fraction of sp³-hybridized carbons (Fsp3) is 0.444. The van der Waals surface area contributed by atoms with Gasteiger partial charge in [-0.15, -0.1) is 17.4 Å². The van der Waals surface area contributed by atoms with Gasteiger partial charge in [0.05, 0.1) is 11.4 Å². The molecule has 1 aromatic rings. The van der Waals surface area contributed by atoms with E-state index in [0.29, 0.717) is 18.9 Å². The second-order valence-corrected chi connectivity index (χ2v) is 2.69. The number of anilines is 1. The Morgan fingerprint density at radius 3 is 2.69 bits per heavy atom. The molecule has 0 saturated carbocycles. The van der Waals surface area contributed by atoms with Gasteiger partial charge in [-0.2, -0.15) is 5.10 Å². The molecule has 4 heteroatoms. The number of nitrogens with zero attached hydrogens (tertiary/aromatic N) is 3. The highest BCUT2D eigenvalue weighted by Crippen LogP contribution is 2.01. The van der Waals surface area contributed by atoms with E-state index in [2.05, 4.69) is 26.4 Å². The van der Waals surface area contributed by atoms with E-state index >= 15 is 0 Å². The lowest BCUT2D eigenvalue weighted by Gasteiger charge is -2.02. The van der Waals surface area contributed by atoms with Gasteiger partial charge in [-0.05, 0) is 13.8 Å². The monoisotopic (exact) mass is 176 g/mol. The Bertz CT molecular complexity index is 327. The predicted octanol–water partition coefficient (Wildman–Crippen LogP) is 0.924. The fourth-order valence-corrected chi connectivity index (χ4v) is 0.778. The fourth-order valence-electron chi connectivity index (χ4n) is 0.778. The van der Waals surface area contributed by atoms with E-state index in [1.807, 2.05) is 13.8 Å². The van der Waals surface area contributed by atoms with Crippen molar-refractivity contribution in [2.24, 2.45) is 0 Å². The largest absolute Gasteiger partial charge is 0.352 e. The van der Waals surface area contributed by atoms with Crippen LogP contribution in [0.1, 0.15) is 17.8 Å². The molecule has 0 saturated heterocycles. The van der Waals surface area contributed by atoms with Gasteiger partial charge in [-0.3, -0.25) is 0 Å². The summed E-state index contributed by atoms with van der Waals surface area (Å²) in [5.74, 6) is 3.07. The van der Waals surface area contributed by atoms with Crippen LogP contribution in [0.2, 0.25) is 0 Å². The van der Waals surface area contributed by atoms with Crippen LogP contribution in [0.15, 0.2) is 0 Å². The van der Waals surface area contributed by atoms with Gasteiger partial charge in [0.2, 0.25) is 5.95 Å². The number of rotatable bonds is 3. The quantitative estimate of drug-likeness (QED) is 0.549. The minimum Gasteiger partial charge on any atom is -0.352 e. The molecule has 0 aliphatic carbocycles. The van der Waals surface area contributed by atoms with Crippen LogP contribution in [-0.2, 0) is 0 Å². The molecular formula is C9H12N4. The first kappa shape index (κ1) is 9.46. The topological polar surface area (TPSA) is 50.7 Å². The van der Waals surface area contributed by atoms with Crippen LogP contribution >= 0.6 is 0 Å². The van der Waals surface area contributed by atoms with Gasteiger partial charge in [0.1, 0.15) is 0 Å². The zero-order chi connectivity index (χ0) is 9.68. The van der Waals surface area contributed by atoms with E-state index in [9.17, 15) is 0 Å². The van der Waals surface area contributed by atoms with E-state index in [4.69, 9.17) is 6.42 Å². The van der Waals surface area contributed by atoms with Crippen molar-refractivity contribution in [3.05, 3.63) is 11.4 Å². The smallest absolute Gasteiger partial charge is 0.242 e. The van der Waals surface area contributed by atoms with Crippen LogP contribution < -0.4 is 5.32 Å². The van der Waals surface area contributed by atoms with Crippen molar-refractivity contribution in [3.8, 4) is 12.3 Å². The molecule has 0 fully saturated rings. The molecule has 0 aromatic carbocycles. The van der Waals surface area contributed by atoms with Gasteiger partial charge in [0.25, 0.3) is 0 Å². The summed E-state index contributed by atoms with van der Waals surface area (Å²) in [6.07, 6.45) is 5.76. The lowest BCUT2D eigenvalue weighted by Crippen LogP contribution is -2.07. The van der Waals surface area contributed by atoms with Crippen LogP contribution in [0.4, 0.5) is 5.95 Å². The highest BCUT2D eigenvalue weighted by Gasteiger charge is 1.99. The second kappa shape index (κ2) is 4.41. The number of aryl methyl sites for hydroxylation is 2. The van der Waals surface area contributed by atoms with E-state index in [1.54, 1.807) is 0 Å². The standard InChI is InChI=1S/C9H12N4/c1-4-5-6-10-9-11-7(2)8(3)12-13-9/h1H,5-6H2,2-3H3,(H,10,11,13). The Hall–Kier alpha value is -1.63. The molecule has 0 spiro atoms. The van der Waals surface area contributed by atoms with Crippen molar-refractivity contribution < 1.29 is 0 Å². The summed E-state index contributed by atoms with van der Waals surface area (Å²) in [5.41, 5.74) is 1.74. The zero-order valence-electron chi connectivity index (χ0n) is 7.83. The lowest BCUT2D eigenvalue weighted by atomic mass is 10.4. The van der Waals surface area contributed by atoms with Crippen molar-refractivity contribution in [1.82, 2.24) is 15.2 Å². The molecule has 1 N–H and O–H groups in total. The second-order valence-electron chi connectivity index (χ2n) is 2.69. The van der Waals surface area contributed by atoms with E-state index in [-0.39, 0.29) is 0 Å². The van der Waals surface area contributed by atoms with E-state index in [0.717, 1.165) is 11.4 Å². The van der Waals surface area contributed by atoms with E-state index < -0.39 is 0 Å². The molecule has 1 aromatic heterocycles. The highest BCUT2D eigenvalue weighted by molar-refractivity contribution is 5.24. The first-order valence-electron chi connectivity index (χ1n) is 4.09. The van der Waals surface area contributed by atoms with Gasteiger partial charge in [0, 0.05) is 13.0 Å². The third-order valence-electron chi connectivity index (χ3n) is 1.64. The Balaban J connectivity index is 2.59. The number of hydrogen-bond acceptors (Lipinski definition) is 4. The summed E-state index contributed by atoms with van der Waals surface area (Å²) in [6.45, 7) is 4.46. The summed E-state index contributed by atoms with van der Waals surface area (Å²) in [7, 11) is 0. The van der Waals surface area contributed by atoms with Gasteiger partial charge in [-0.1, -0.05) is 0 Å². The van der Waals surface area contributed by atoms with E-state index in [1.165, 1.54) is 0 Å². The third kappa shape index (κ3) is 2.71. The Labute approximate surface area is 77.8 Å². The summed E-state index contributed by atoms with van der Waals surface area (Å²) >= 11 is 0. The molecule has 68 valence electrons. The van der Waals surface area contributed by atoms with Crippen molar-refractivity contribution in [2.75, 3.05) is 11.9 Å². The number of terminal acetylenes is 1. The van der Waals surface area contributed by atoms with Crippen molar-refractivity contribution in [1.29, 1.82) is 0 Å². The first-order valence-corrected chi connectivity index (χ1v) is 4.09. The molecule has 1 heterocycles. The Morgan fingerprint density at radius 2 is 2.08 bits per heavy atom. The predicted molar refractivity (Wildman–Crippen MR) is 51.2 cm³/mol. The molecule has 0 bridgehead atoms. The van der Waals surface area contributed by atoms with Gasteiger partial charge in [-0.25, -0.2) is 4.98 Å². The average molecular weight is 176 g/mol. The maximum absolute atomic E-state index is 5.10. The molecule has 13 heavy (non-hydrogen) atoms. The number of aromatic nitrogens is 3. The third-order valence-corrected chi connectivity index (χ3v) is 1.64. The van der Waals surface area contributed by atoms with Crippen LogP contribution in [0.5, 0.6) is 0 Å². The van der Waals surface area contributed by atoms with Crippen LogP contribution in [0.3, 0.4) is 0 Å². The summed E-state index contributed by atoms with van der Waals surface area (Å²) < 4.78 is 0. The summed E-state index contributed by atoms with van der Waals surface area (Å²) in [4.78, 5) is 4.19. The molecule has 0 aliphatic rings. The lowest BCUT2D eigenvalue weighted by molar-refractivity contribution is 0.884. The van der Waals surface area contributed by atoms with Gasteiger partial charge < -0.3 is 5.32 Å². The Morgan fingerprint density at radius 1 is 1.31 bits per heavy atom. The van der Waals surface area contributed by atoms with Gasteiger partial charge in [0.15, 0.2) is 0 Å². The van der Waals surface area contributed by atoms with Crippen molar-refractivity contribution >= 4 is 5.95 Å². The number of hydrogen-bond donors (Lipinski definition) is 1. The Kier molecular flexibility index (Phi) is 3.21. The first-order chi connectivity index (χ1) is 6.24. The summed E-state index contributed by atoms with van der Waals surface area (Å²) in [5, 5.41) is 10.8. The molecule has 0 atom stereocenters. The molecular weight excluding hydrogens is 164 g/mol. The molecule has 4 nitrogen and oxygen atoms in total. The van der Waals surface area contributed by atoms with Crippen molar-refractivity contribution in [3.63, 3.8) is 0 Å². The van der Waals surface area contributed by atoms with Crippen LogP contribution in [-0.4, -0.2) is 21.7 Å². The molecule has 0 radical (unpaired) electrons. The minimum atomic E-state index is 0.540. The van der Waals surface area contributed by atoms with Crippen LogP contribution in [0, 0.1) is 26.2 Å². The average Bonchev–Trinajstić information content (AvgIpc) is 2.12. The molecule has 1 rings (SSSR count). The maximum atomic E-state index is 5.10. The highest BCUT2D eigenvalue weighted by atomic mass is 15.2. The number of nitrogens with one attached hydrogen (secondary N) is 1. The molecule has 0 aliphatic heterocycles. The molecule has 0 unspecified atom stereocenters. The van der Waals surface area contributed by atoms with Crippen LogP contribution in [0.25, 0.3) is 0 Å². The SMILES string of the molecule is C#CCCNc1nnc(C)c(C)n1. The maximum Gasteiger partial charge on any atom is 0.242 e.